The van der Waals surface area contributed by atoms with Crippen LogP contribution in [0.25, 0.3) is 0 Å². The number of nitrogens with one attached hydrogen (secondary N) is 1. The molecule has 2 heterocycles. The maximum Gasteiger partial charge on any atom is 0.321 e. The first-order valence-electron chi connectivity index (χ1n) is 7.33. The molecule has 1 aromatic heterocycles. The molecule has 6 heteroatoms. The highest BCUT2D eigenvalue weighted by atomic mass is 16.5. The van der Waals surface area contributed by atoms with Crippen LogP contribution in [-0.2, 0) is 0 Å². The van der Waals surface area contributed by atoms with E-state index in [-0.39, 0.29) is 6.03 Å². The van der Waals surface area contributed by atoms with Crippen LogP contribution in [0.2, 0.25) is 0 Å². The summed E-state index contributed by atoms with van der Waals surface area (Å²) >= 11 is 0. The lowest BCUT2D eigenvalue weighted by atomic mass is 10.1. The zero-order chi connectivity index (χ0) is 14.5. The molecule has 1 unspecified atom stereocenters. The maximum absolute atomic E-state index is 12.2. The SMILES string of the molecule is CCN(CC)CC1CCN(C(=O)Nc2conc2C)C1. The van der Waals surface area contributed by atoms with Gasteiger partial charge in [0.2, 0.25) is 0 Å². The summed E-state index contributed by atoms with van der Waals surface area (Å²) in [6, 6.07) is -0.0571. The monoisotopic (exact) mass is 280 g/mol. The van der Waals surface area contributed by atoms with Crippen LogP contribution in [-0.4, -0.2) is 53.7 Å². The predicted molar refractivity (Wildman–Crippen MR) is 77.7 cm³/mol. The van der Waals surface area contributed by atoms with Crippen molar-refractivity contribution < 1.29 is 9.32 Å². The Morgan fingerprint density at radius 2 is 2.30 bits per heavy atom. The molecule has 6 nitrogen and oxygen atoms in total. The molecule has 0 bridgehead atoms. The summed E-state index contributed by atoms with van der Waals surface area (Å²) in [5, 5.41) is 6.61. The van der Waals surface area contributed by atoms with E-state index in [0.29, 0.717) is 17.3 Å². The molecule has 0 aliphatic carbocycles. The number of carbonyl (C=O) groups is 1. The summed E-state index contributed by atoms with van der Waals surface area (Å²) in [6.45, 7) is 11.0. The number of hydrogen-bond acceptors (Lipinski definition) is 4. The molecule has 112 valence electrons. The second-order valence-electron chi connectivity index (χ2n) is 5.33. The van der Waals surface area contributed by atoms with Gasteiger partial charge in [0.25, 0.3) is 0 Å². The Morgan fingerprint density at radius 3 is 2.90 bits per heavy atom. The van der Waals surface area contributed by atoms with Gasteiger partial charge >= 0.3 is 6.03 Å². The summed E-state index contributed by atoms with van der Waals surface area (Å²) in [4.78, 5) is 16.5. The van der Waals surface area contributed by atoms with E-state index < -0.39 is 0 Å². The quantitative estimate of drug-likeness (QED) is 0.898. The molecule has 0 radical (unpaired) electrons. The standard InChI is InChI=1S/C14H24N4O2/c1-4-17(5-2)8-12-6-7-18(9-12)14(19)15-13-10-20-16-11(13)3/h10,12H,4-9H2,1-3H3,(H,15,19). The molecule has 1 aliphatic heterocycles. The van der Waals surface area contributed by atoms with E-state index in [1.54, 1.807) is 0 Å². The Kier molecular flexibility index (Phi) is 5.00. The molecule has 2 rings (SSSR count). The van der Waals surface area contributed by atoms with Gasteiger partial charge in [-0.3, -0.25) is 0 Å². The molecule has 0 saturated carbocycles. The summed E-state index contributed by atoms with van der Waals surface area (Å²) in [6.07, 6.45) is 2.54. The van der Waals surface area contributed by atoms with E-state index in [1.165, 1.54) is 6.26 Å². The summed E-state index contributed by atoms with van der Waals surface area (Å²) in [7, 11) is 0. The number of amides is 2. The van der Waals surface area contributed by atoms with Gasteiger partial charge in [-0.05, 0) is 32.4 Å². The van der Waals surface area contributed by atoms with Crippen molar-refractivity contribution >= 4 is 11.7 Å². The summed E-state index contributed by atoms with van der Waals surface area (Å²) < 4.78 is 4.82. The van der Waals surface area contributed by atoms with E-state index in [1.807, 2.05) is 11.8 Å². The second kappa shape index (κ2) is 6.74. The molecule has 1 N–H and O–H groups in total. The lowest BCUT2D eigenvalue weighted by Crippen LogP contribution is -2.35. The van der Waals surface area contributed by atoms with E-state index in [9.17, 15) is 4.79 Å². The van der Waals surface area contributed by atoms with Gasteiger partial charge in [0.15, 0.2) is 0 Å². The fraction of sp³-hybridized carbons (Fsp3) is 0.714. The summed E-state index contributed by atoms with van der Waals surface area (Å²) in [5.74, 6) is 0.573. The fourth-order valence-corrected chi connectivity index (χ4v) is 2.62. The largest absolute Gasteiger partial charge is 0.362 e. The number of hydrogen-bond donors (Lipinski definition) is 1. The maximum atomic E-state index is 12.2. The summed E-state index contributed by atoms with van der Waals surface area (Å²) in [5.41, 5.74) is 1.36. The average molecular weight is 280 g/mol. The third-order valence-corrected chi connectivity index (χ3v) is 3.98. The van der Waals surface area contributed by atoms with Crippen molar-refractivity contribution in [2.45, 2.75) is 27.2 Å². The van der Waals surface area contributed by atoms with E-state index in [0.717, 1.165) is 39.1 Å². The Morgan fingerprint density at radius 1 is 1.55 bits per heavy atom. The van der Waals surface area contributed by atoms with Gasteiger partial charge in [0, 0.05) is 19.6 Å². The molecular weight excluding hydrogens is 256 g/mol. The lowest BCUT2D eigenvalue weighted by Gasteiger charge is -2.22. The number of anilines is 1. The number of urea groups is 1. The number of rotatable bonds is 5. The third-order valence-electron chi connectivity index (χ3n) is 3.98. The van der Waals surface area contributed by atoms with Crippen LogP contribution in [0.1, 0.15) is 26.0 Å². The van der Waals surface area contributed by atoms with Crippen molar-refractivity contribution in [1.29, 1.82) is 0 Å². The van der Waals surface area contributed by atoms with E-state index >= 15 is 0 Å². The molecule has 0 aromatic carbocycles. The average Bonchev–Trinajstić information content (AvgIpc) is 3.06. The number of aromatic nitrogens is 1. The van der Waals surface area contributed by atoms with Crippen LogP contribution in [0.3, 0.4) is 0 Å². The van der Waals surface area contributed by atoms with Gasteiger partial charge in [-0.1, -0.05) is 19.0 Å². The van der Waals surface area contributed by atoms with Gasteiger partial charge in [-0.25, -0.2) is 4.79 Å². The van der Waals surface area contributed by atoms with Crippen LogP contribution in [0.5, 0.6) is 0 Å². The number of nitrogens with zero attached hydrogens (tertiary/aromatic N) is 3. The van der Waals surface area contributed by atoms with Crippen molar-refractivity contribution in [1.82, 2.24) is 15.0 Å². The molecule has 1 atom stereocenters. The van der Waals surface area contributed by atoms with Crippen molar-refractivity contribution in [3.8, 4) is 0 Å². The molecule has 1 aliphatic rings. The van der Waals surface area contributed by atoms with Crippen LogP contribution < -0.4 is 5.32 Å². The number of carbonyl (C=O) groups excluding carboxylic acids is 1. The van der Waals surface area contributed by atoms with Gasteiger partial charge in [0.05, 0.1) is 0 Å². The Labute approximate surface area is 120 Å². The highest BCUT2D eigenvalue weighted by Crippen LogP contribution is 2.19. The number of aryl methyl sites for hydroxylation is 1. The molecule has 1 saturated heterocycles. The first-order chi connectivity index (χ1) is 9.63. The Hall–Kier alpha value is -1.56. The van der Waals surface area contributed by atoms with Crippen molar-refractivity contribution in [2.24, 2.45) is 5.92 Å². The second-order valence-corrected chi connectivity index (χ2v) is 5.33. The smallest absolute Gasteiger partial charge is 0.321 e. The first-order valence-corrected chi connectivity index (χ1v) is 7.33. The molecule has 20 heavy (non-hydrogen) atoms. The predicted octanol–water partition coefficient (Wildman–Crippen LogP) is 2.18. The number of likely N-dealkylation sites (tertiary alicyclic amines) is 1. The van der Waals surface area contributed by atoms with Gasteiger partial charge in [-0.15, -0.1) is 0 Å². The van der Waals surface area contributed by atoms with Crippen molar-refractivity contribution in [3.63, 3.8) is 0 Å². The lowest BCUT2D eigenvalue weighted by molar-refractivity contribution is 0.215. The fourth-order valence-electron chi connectivity index (χ4n) is 2.62. The zero-order valence-corrected chi connectivity index (χ0v) is 12.6. The van der Waals surface area contributed by atoms with Crippen molar-refractivity contribution in [2.75, 3.05) is 38.0 Å². The van der Waals surface area contributed by atoms with Crippen LogP contribution in [0.4, 0.5) is 10.5 Å². The molecule has 1 aromatic rings. The first kappa shape index (κ1) is 14.8. The van der Waals surface area contributed by atoms with Gasteiger partial charge in [-0.2, -0.15) is 0 Å². The molecule has 0 spiro atoms. The van der Waals surface area contributed by atoms with Gasteiger partial charge < -0.3 is 19.6 Å². The highest BCUT2D eigenvalue weighted by Gasteiger charge is 2.27. The Bertz CT molecular complexity index is 442. The van der Waals surface area contributed by atoms with Crippen LogP contribution in [0, 0.1) is 12.8 Å². The topological polar surface area (TPSA) is 61.6 Å². The van der Waals surface area contributed by atoms with Gasteiger partial charge in [0.1, 0.15) is 17.6 Å². The van der Waals surface area contributed by atoms with Crippen molar-refractivity contribution in [3.05, 3.63) is 12.0 Å². The highest BCUT2D eigenvalue weighted by molar-refractivity contribution is 5.89. The minimum Gasteiger partial charge on any atom is -0.362 e. The zero-order valence-electron chi connectivity index (χ0n) is 12.6. The van der Waals surface area contributed by atoms with Crippen LogP contribution in [0.15, 0.2) is 10.8 Å². The molecular formula is C14H24N4O2. The molecule has 1 fully saturated rings. The van der Waals surface area contributed by atoms with Crippen LogP contribution >= 0.6 is 0 Å². The third kappa shape index (κ3) is 3.50. The van der Waals surface area contributed by atoms with E-state index in [4.69, 9.17) is 4.52 Å². The molecule has 2 amide bonds. The van der Waals surface area contributed by atoms with E-state index in [2.05, 4.69) is 29.2 Å². The minimum absolute atomic E-state index is 0.0571. The normalized spacial score (nSPS) is 18.8. The Balaban J connectivity index is 1.83. The minimum atomic E-state index is -0.0571.